The quantitative estimate of drug-likeness (QED) is 0.389. The maximum absolute atomic E-state index is 13.5. The molecule has 1 aliphatic heterocycles. The highest BCUT2D eigenvalue weighted by molar-refractivity contribution is 6.30. The first kappa shape index (κ1) is 20.6. The summed E-state index contributed by atoms with van der Waals surface area (Å²) in [5.41, 5.74) is 0.709. The summed E-state index contributed by atoms with van der Waals surface area (Å²) in [7, 11) is 0. The Morgan fingerprint density at radius 1 is 1.00 bits per heavy atom. The minimum Gasteiger partial charge on any atom is -0.272 e. The van der Waals surface area contributed by atoms with Crippen molar-refractivity contribution in [2.75, 3.05) is 0 Å². The van der Waals surface area contributed by atoms with Gasteiger partial charge in [-0.25, -0.2) is 5.01 Å². The molecule has 0 unspecified atom stereocenters. The largest absolute Gasteiger partial charge is 0.273 e. The van der Waals surface area contributed by atoms with Crippen molar-refractivity contribution in [3.05, 3.63) is 74.8 Å². The minimum absolute atomic E-state index is 0.000751. The molecule has 3 aliphatic rings. The molecule has 2 aliphatic carbocycles. The van der Waals surface area contributed by atoms with Gasteiger partial charge in [0, 0.05) is 22.7 Å². The van der Waals surface area contributed by atoms with Crippen molar-refractivity contribution >= 4 is 35.0 Å². The molecular formula is C23H20ClN3O5. The normalized spacial score (nSPS) is 25.8. The second-order valence-corrected chi connectivity index (χ2v) is 9.10. The molecule has 5 rings (SSSR count). The average molecular weight is 454 g/mol. The second kappa shape index (κ2) is 7.70. The fourth-order valence-electron chi connectivity index (χ4n) is 5.50. The zero-order chi connectivity index (χ0) is 22.6. The molecule has 0 aromatic heterocycles. The van der Waals surface area contributed by atoms with Crippen LogP contribution in [0.15, 0.2) is 48.5 Å². The van der Waals surface area contributed by atoms with E-state index < -0.39 is 10.8 Å². The predicted octanol–water partition coefficient (Wildman–Crippen LogP) is 3.84. The molecule has 0 N–H and O–H groups in total. The van der Waals surface area contributed by atoms with Gasteiger partial charge in [0.05, 0.1) is 23.3 Å². The van der Waals surface area contributed by atoms with Gasteiger partial charge in [0.1, 0.15) is 0 Å². The molecule has 1 heterocycles. The van der Waals surface area contributed by atoms with Crippen LogP contribution in [-0.2, 0) is 16.1 Å². The Labute approximate surface area is 188 Å². The van der Waals surface area contributed by atoms with Crippen LogP contribution in [0.3, 0.4) is 0 Å². The first-order valence-corrected chi connectivity index (χ1v) is 10.9. The smallest absolute Gasteiger partial charge is 0.272 e. The van der Waals surface area contributed by atoms with E-state index in [4.69, 9.17) is 11.6 Å². The first-order valence-electron chi connectivity index (χ1n) is 10.5. The molecule has 2 aromatic rings. The number of nitro groups is 1. The summed E-state index contributed by atoms with van der Waals surface area (Å²) in [4.78, 5) is 50.6. The minimum atomic E-state index is -0.566. The van der Waals surface area contributed by atoms with Gasteiger partial charge < -0.3 is 0 Å². The van der Waals surface area contributed by atoms with Crippen LogP contribution in [0.1, 0.15) is 35.2 Å². The Balaban J connectivity index is 1.50. The van der Waals surface area contributed by atoms with E-state index in [0.717, 1.165) is 24.3 Å². The highest BCUT2D eigenvalue weighted by Crippen LogP contribution is 2.56. The van der Waals surface area contributed by atoms with E-state index in [1.807, 2.05) is 0 Å². The summed E-state index contributed by atoms with van der Waals surface area (Å²) >= 11 is 5.97. The summed E-state index contributed by atoms with van der Waals surface area (Å²) < 4.78 is 0. The molecule has 9 heteroatoms. The van der Waals surface area contributed by atoms with Gasteiger partial charge in [-0.05, 0) is 60.9 Å². The number of nitrogens with zero attached hydrogens (tertiary/aromatic N) is 3. The number of carbonyl (C=O) groups is 3. The lowest BCUT2D eigenvalue weighted by atomic mass is 9.81. The summed E-state index contributed by atoms with van der Waals surface area (Å²) in [6.07, 6.45) is 2.77. The molecule has 0 spiro atoms. The summed E-state index contributed by atoms with van der Waals surface area (Å²) in [6, 6.07) is 12.0. The molecule has 3 fully saturated rings. The number of non-ortho nitro benzene ring substituents is 1. The Bertz CT molecular complexity index is 1090. The molecular weight excluding hydrogens is 434 g/mol. The van der Waals surface area contributed by atoms with E-state index in [1.165, 1.54) is 29.3 Å². The number of fused-ring (bicyclic) bond motifs is 5. The van der Waals surface area contributed by atoms with Crippen LogP contribution in [0.5, 0.6) is 0 Å². The van der Waals surface area contributed by atoms with Gasteiger partial charge in [-0.15, -0.1) is 0 Å². The van der Waals surface area contributed by atoms with Crippen molar-refractivity contribution in [1.82, 2.24) is 10.0 Å². The van der Waals surface area contributed by atoms with E-state index in [0.29, 0.717) is 10.6 Å². The lowest BCUT2D eigenvalue weighted by molar-refractivity contribution is -0.384. The number of imide groups is 1. The van der Waals surface area contributed by atoms with Crippen LogP contribution in [0, 0.1) is 33.8 Å². The molecule has 0 radical (unpaired) electrons. The van der Waals surface area contributed by atoms with Gasteiger partial charge >= 0.3 is 0 Å². The van der Waals surface area contributed by atoms with Crippen molar-refractivity contribution in [1.29, 1.82) is 0 Å². The molecule has 4 atom stereocenters. The first-order chi connectivity index (χ1) is 15.3. The molecule has 3 amide bonds. The van der Waals surface area contributed by atoms with Gasteiger partial charge in [0.2, 0.25) is 0 Å². The van der Waals surface area contributed by atoms with Crippen LogP contribution >= 0.6 is 11.6 Å². The van der Waals surface area contributed by atoms with E-state index in [1.54, 1.807) is 24.3 Å². The zero-order valence-electron chi connectivity index (χ0n) is 17.0. The predicted molar refractivity (Wildman–Crippen MR) is 114 cm³/mol. The van der Waals surface area contributed by atoms with Crippen LogP contribution in [0.4, 0.5) is 5.69 Å². The van der Waals surface area contributed by atoms with Crippen molar-refractivity contribution in [3.63, 3.8) is 0 Å². The molecule has 164 valence electrons. The van der Waals surface area contributed by atoms with E-state index >= 15 is 0 Å². The number of hydrazine groups is 1. The molecule has 2 aromatic carbocycles. The van der Waals surface area contributed by atoms with Crippen LogP contribution in [0.25, 0.3) is 0 Å². The Morgan fingerprint density at radius 3 is 2.09 bits per heavy atom. The standard InChI is InChI=1S/C23H20ClN3O5/c24-17-7-1-13(2-8-17)12-25(21(28)14-5-9-18(10-6-14)27(31)32)26-22(29)19-15-3-4-16(11-15)20(19)23(26)30/h1-2,5-10,15-16,19-20H,3-4,11-12H2/t15-,16-,19+,20+/m0/s1. The lowest BCUT2D eigenvalue weighted by Gasteiger charge is -2.31. The fraction of sp³-hybridized carbons (Fsp3) is 0.348. The molecule has 1 saturated heterocycles. The monoisotopic (exact) mass is 453 g/mol. The number of hydrogen-bond donors (Lipinski definition) is 0. The lowest BCUT2D eigenvalue weighted by Crippen LogP contribution is -2.50. The highest BCUT2D eigenvalue weighted by Gasteiger charge is 2.62. The average Bonchev–Trinajstić information content (AvgIpc) is 3.47. The summed E-state index contributed by atoms with van der Waals surface area (Å²) in [5, 5.41) is 13.7. The number of halogens is 1. The number of rotatable bonds is 5. The van der Waals surface area contributed by atoms with E-state index in [2.05, 4.69) is 0 Å². The zero-order valence-corrected chi connectivity index (χ0v) is 17.8. The third kappa shape index (κ3) is 3.26. The Hall–Kier alpha value is -3.26. The third-order valence-electron chi connectivity index (χ3n) is 6.95. The number of nitro benzene ring substituents is 1. The van der Waals surface area contributed by atoms with Gasteiger partial charge in [-0.2, -0.15) is 5.01 Å². The van der Waals surface area contributed by atoms with Gasteiger partial charge in [0.15, 0.2) is 0 Å². The summed E-state index contributed by atoms with van der Waals surface area (Å²) in [5.74, 6) is -1.55. The van der Waals surface area contributed by atoms with Gasteiger partial charge in [-0.3, -0.25) is 24.5 Å². The number of carbonyl (C=O) groups excluding carboxylic acids is 3. The van der Waals surface area contributed by atoms with E-state index in [-0.39, 0.29) is 53.3 Å². The third-order valence-corrected chi connectivity index (χ3v) is 7.20. The van der Waals surface area contributed by atoms with E-state index in [9.17, 15) is 24.5 Å². The number of amides is 3. The number of benzene rings is 2. The van der Waals surface area contributed by atoms with Gasteiger partial charge in [-0.1, -0.05) is 23.7 Å². The van der Waals surface area contributed by atoms with Gasteiger partial charge in [0.25, 0.3) is 23.4 Å². The Morgan fingerprint density at radius 2 is 1.56 bits per heavy atom. The van der Waals surface area contributed by atoms with Crippen molar-refractivity contribution < 1.29 is 19.3 Å². The molecule has 2 saturated carbocycles. The van der Waals surface area contributed by atoms with Crippen LogP contribution < -0.4 is 0 Å². The molecule has 8 nitrogen and oxygen atoms in total. The fourth-order valence-corrected chi connectivity index (χ4v) is 5.63. The maximum Gasteiger partial charge on any atom is 0.273 e. The van der Waals surface area contributed by atoms with Crippen LogP contribution in [-0.4, -0.2) is 32.7 Å². The molecule has 32 heavy (non-hydrogen) atoms. The maximum atomic E-state index is 13.5. The Kier molecular flexibility index (Phi) is 4.97. The van der Waals surface area contributed by atoms with Crippen molar-refractivity contribution in [2.45, 2.75) is 25.8 Å². The molecule has 2 bridgehead atoms. The van der Waals surface area contributed by atoms with Crippen LogP contribution in [0.2, 0.25) is 5.02 Å². The number of hydrogen-bond acceptors (Lipinski definition) is 5. The topological polar surface area (TPSA) is 101 Å². The SMILES string of the molecule is O=C(c1ccc([N+](=O)[O-])cc1)N(Cc1ccc(Cl)cc1)N1C(=O)[C@@H]2[C@H]3CC[C@@H](C3)[C@H]2C1=O. The van der Waals surface area contributed by atoms with Crippen molar-refractivity contribution in [3.8, 4) is 0 Å². The van der Waals surface area contributed by atoms with Crippen molar-refractivity contribution in [2.24, 2.45) is 23.7 Å². The second-order valence-electron chi connectivity index (χ2n) is 8.67. The highest BCUT2D eigenvalue weighted by atomic mass is 35.5. The summed E-state index contributed by atoms with van der Waals surface area (Å²) in [6.45, 7) is -0.000751.